The number of likely N-dealkylation sites (tertiary alicyclic amines) is 1. The maximum absolute atomic E-state index is 13.4. The minimum Gasteiger partial charge on any atom is -0.381 e. The third-order valence-electron chi connectivity index (χ3n) is 7.04. The summed E-state index contributed by atoms with van der Waals surface area (Å²) in [5.74, 6) is 0.744. The van der Waals surface area contributed by atoms with Crippen molar-refractivity contribution < 1.29 is 14.3 Å². The van der Waals surface area contributed by atoms with E-state index in [1.807, 2.05) is 47.4 Å². The Morgan fingerprint density at radius 1 is 0.909 bits per heavy atom. The third-order valence-corrected chi connectivity index (χ3v) is 7.04. The maximum Gasteiger partial charge on any atom is 0.253 e. The van der Waals surface area contributed by atoms with Crippen molar-refractivity contribution >= 4 is 11.8 Å². The summed E-state index contributed by atoms with van der Waals surface area (Å²) in [5.41, 5.74) is 3.05. The number of amides is 2. The van der Waals surface area contributed by atoms with E-state index in [1.54, 1.807) is 0 Å². The second-order valence-corrected chi connectivity index (χ2v) is 9.61. The van der Waals surface area contributed by atoms with Crippen LogP contribution in [0.25, 0.3) is 0 Å². The van der Waals surface area contributed by atoms with Crippen molar-refractivity contribution in [3.63, 3.8) is 0 Å². The summed E-state index contributed by atoms with van der Waals surface area (Å²) in [7, 11) is 0. The average molecular weight is 449 g/mol. The molecule has 0 spiro atoms. The predicted molar refractivity (Wildman–Crippen MR) is 130 cm³/mol. The summed E-state index contributed by atoms with van der Waals surface area (Å²) >= 11 is 0. The number of rotatable bonds is 6. The molecule has 33 heavy (non-hydrogen) atoms. The Balaban J connectivity index is 1.41. The second-order valence-electron chi connectivity index (χ2n) is 9.61. The quantitative estimate of drug-likeness (QED) is 0.646. The number of hydrogen-bond donors (Lipinski definition) is 0. The molecule has 0 unspecified atom stereocenters. The largest absolute Gasteiger partial charge is 0.381 e. The Hall–Kier alpha value is -2.66. The zero-order valence-corrected chi connectivity index (χ0v) is 19.9. The first-order valence-corrected chi connectivity index (χ1v) is 12.3. The molecule has 4 rings (SSSR count). The molecular formula is C28H36N2O3. The summed E-state index contributed by atoms with van der Waals surface area (Å²) in [4.78, 5) is 30.6. The van der Waals surface area contributed by atoms with Crippen LogP contribution in [0.5, 0.6) is 0 Å². The van der Waals surface area contributed by atoms with Crippen LogP contribution in [0.3, 0.4) is 0 Å². The minimum atomic E-state index is 0.0944. The lowest BCUT2D eigenvalue weighted by molar-refractivity contribution is -0.139. The van der Waals surface area contributed by atoms with E-state index < -0.39 is 0 Å². The van der Waals surface area contributed by atoms with Gasteiger partial charge in [-0.25, -0.2) is 0 Å². The number of hydrogen-bond acceptors (Lipinski definition) is 3. The first kappa shape index (κ1) is 23.5. The van der Waals surface area contributed by atoms with Crippen molar-refractivity contribution in [2.75, 3.05) is 26.3 Å². The molecule has 0 aromatic heterocycles. The van der Waals surface area contributed by atoms with Crippen LogP contribution in [0.15, 0.2) is 54.6 Å². The predicted octanol–water partition coefficient (Wildman–Crippen LogP) is 4.66. The fourth-order valence-electron chi connectivity index (χ4n) is 5.07. The molecule has 2 amide bonds. The molecule has 2 aliphatic heterocycles. The first-order chi connectivity index (χ1) is 16.0. The van der Waals surface area contributed by atoms with Crippen LogP contribution < -0.4 is 0 Å². The molecule has 2 aromatic carbocycles. The zero-order chi connectivity index (χ0) is 23.2. The lowest BCUT2D eigenvalue weighted by atomic mass is 9.96. The van der Waals surface area contributed by atoms with Gasteiger partial charge in [-0.2, -0.15) is 0 Å². The molecular weight excluding hydrogens is 412 g/mol. The molecule has 5 heteroatoms. The molecule has 0 N–H and O–H groups in total. The molecule has 0 aliphatic carbocycles. The number of piperidine rings is 1. The SMILES string of the molecule is CC(C)c1ccc(C(=O)N2CCC(N(C(=O)Cc3ccccc3)C3CCOCC3)CC2)cc1. The van der Waals surface area contributed by atoms with Crippen LogP contribution in [0.4, 0.5) is 0 Å². The van der Waals surface area contributed by atoms with Crippen molar-refractivity contribution in [2.24, 2.45) is 0 Å². The lowest BCUT2D eigenvalue weighted by Crippen LogP contribution is -2.54. The van der Waals surface area contributed by atoms with Gasteiger partial charge in [0.2, 0.25) is 5.91 Å². The summed E-state index contributed by atoms with van der Waals surface area (Å²) in [6.45, 7) is 7.12. The smallest absolute Gasteiger partial charge is 0.253 e. The molecule has 2 aromatic rings. The van der Waals surface area contributed by atoms with Gasteiger partial charge in [0.05, 0.1) is 6.42 Å². The van der Waals surface area contributed by atoms with Crippen molar-refractivity contribution in [1.29, 1.82) is 0 Å². The summed E-state index contributed by atoms with van der Waals surface area (Å²) < 4.78 is 5.56. The van der Waals surface area contributed by atoms with Gasteiger partial charge in [0.1, 0.15) is 0 Å². The van der Waals surface area contributed by atoms with Crippen molar-refractivity contribution in [1.82, 2.24) is 9.80 Å². The van der Waals surface area contributed by atoms with Crippen LogP contribution in [-0.4, -0.2) is 60.0 Å². The Kier molecular flexibility index (Phi) is 7.81. The number of benzene rings is 2. The molecule has 0 radical (unpaired) electrons. The maximum atomic E-state index is 13.4. The molecule has 2 fully saturated rings. The van der Waals surface area contributed by atoms with Crippen LogP contribution >= 0.6 is 0 Å². The van der Waals surface area contributed by atoms with E-state index in [0.717, 1.165) is 36.8 Å². The Morgan fingerprint density at radius 2 is 1.52 bits per heavy atom. The van der Waals surface area contributed by atoms with Gasteiger partial charge in [0.25, 0.3) is 5.91 Å². The van der Waals surface area contributed by atoms with Gasteiger partial charge in [0.15, 0.2) is 0 Å². The zero-order valence-electron chi connectivity index (χ0n) is 19.9. The average Bonchev–Trinajstić information content (AvgIpc) is 2.85. The molecule has 2 saturated heterocycles. The molecule has 0 saturated carbocycles. The van der Waals surface area contributed by atoms with E-state index in [4.69, 9.17) is 4.74 Å². The highest BCUT2D eigenvalue weighted by Gasteiger charge is 2.35. The first-order valence-electron chi connectivity index (χ1n) is 12.3. The van der Waals surface area contributed by atoms with Crippen LogP contribution in [0.2, 0.25) is 0 Å². The molecule has 0 atom stereocenters. The fourth-order valence-corrected chi connectivity index (χ4v) is 5.07. The van der Waals surface area contributed by atoms with Gasteiger partial charge in [-0.05, 0) is 54.9 Å². The Bertz CT molecular complexity index is 912. The third kappa shape index (κ3) is 5.83. The highest BCUT2D eigenvalue weighted by molar-refractivity contribution is 5.94. The van der Waals surface area contributed by atoms with Gasteiger partial charge in [-0.3, -0.25) is 9.59 Å². The lowest BCUT2D eigenvalue weighted by Gasteiger charge is -2.43. The monoisotopic (exact) mass is 448 g/mol. The molecule has 176 valence electrons. The van der Waals surface area contributed by atoms with Crippen molar-refractivity contribution in [3.05, 3.63) is 71.3 Å². The fraction of sp³-hybridized carbons (Fsp3) is 0.500. The van der Waals surface area contributed by atoms with Crippen LogP contribution in [0.1, 0.15) is 66.9 Å². The van der Waals surface area contributed by atoms with E-state index in [1.165, 1.54) is 5.56 Å². The van der Waals surface area contributed by atoms with Crippen LogP contribution in [0, 0.1) is 0 Å². The number of carbonyl (C=O) groups is 2. The normalized spacial score (nSPS) is 17.8. The Morgan fingerprint density at radius 3 is 2.12 bits per heavy atom. The van der Waals surface area contributed by atoms with Gasteiger partial charge >= 0.3 is 0 Å². The van der Waals surface area contributed by atoms with E-state index in [-0.39, 0.29) is 23.9 Å². The van der Waals surface area contributed by atoms with Crippen LogP contribution in [-0.2, 0) is 16.0 Å². The second kappa shape index (κ2) is 11.0. The van der Waals surface area contributed by atoms with E-state index in [0.29, 0.717) is 38.6 Å². The standard InChI is InChI=1S/C28H36N2O3/c1-21(2)23-8-10-24(11-9-23)28(32)29-16-12-25(13-17-29)30(26-14-18-33-19-15-26)27(31)20-22-6-4-3-5-7-22/h3-11,21,25-26H,12-20H2,1-2H3. The molecule has 0 bridgehead atoms. The van der Waals surface area contributed by atoms with E-state index >= 15 is 0 Å². The van der Waals surface area contributed by atoms with E-state index in [2.05, 4.69) is 30.9 Å². The van der Waals surface area contributed by atoms with Crippen molar-refractivity contribution in [3.8, 4) is 0 Å². The van der Waals surface area contributed by atoms with E-state index in [9.17, 15) is 9.59 Å². The van der Waals surface area contributed by atoms with Gasteiger partial charge in [-0.15, -0.1) is 0 Å². The minimum absolute atomic E-state index is 0.0944. The summed E-state index contributed by atoms with van der Waals surface area (Å²) in [5, 5.41) is 0. The molecule has 2 aliphatic rings. The number of nitrogens with zero attached hydrogens (tertiary/aromatic N) is 2. The highest BCUT2D eigenvalue weighted by Crippen LogP contribution is 2.26. The van der Waals surface area contributed by atoms with Gasteiger partial charge in [-0.1, -0.05) is 56.3 Å². The Labute approximate surface area is 197 Å². The summed E-state index contributed by atoms with van der Waals surface area (Å²) in [6.07, 6.45) is 3.87. The molecule has 2 heterocycles. The topological polar surface area (TPSA) is 49.9 Å². The number of ether oxygens (including phenoxy) is 1. The van der Waals surface area contributed by atoms with Gasteiger partial charge in [0, 0.05) is 44.0 Å². The summed E-state index contributed by atoms with van der Waals surface area (Å²) in [6, 6.07) is 18.4. The van der Waals surface area contributed by atoms with Crippen molar-refractivity contribution in [2.45, 2.75) is 64.0 Å². The number of carbonyl (C=O) groups excluding carboxylic acids is 2. The highest BCUT2D eigenvalue weighted by atomic mass is 16.5. The molecule has 5 nitrogen and oxygen atoms in total. The van der Waals surface area contributed by atoms with Gasteiger partial charge < -0.3 is 14.5 Å².